The van der Waals surface area contributed by atoms with Crippen molar-refractivity contribution in [2.24, 2.45) is 5.73 Å². The number of hydrogen-bond donors (Lipinski definition) is 4. The summed E-state index contributed by atoms with van der Waals surface area (Å²) in [6.45, 7) is 2.38. The molecule has 0 aromatic heterocycles. The van der Waals surface area contributed by atoms with E-state index in [2.05, 4.69) is 10.8 Å². The van der Waals surface area contributed by atoms with Crippen molar-refractivity contribution in [3.8, 4) is 6.07 Å². The number of hydrogen-bond acceptors (Lipinski definition) is 8. The molecular weight excluding hydrogens is 621 g/mol. The molecule has 248 valence electrons. The number of aryl methyl sites for hydroxylation is 1. The van der Waals surface area contributed by atoms with Gasteiger partial charge in [-0.3, -0.25) is 24.9 Å². The second kappa shape index (κ2) is 15.7. The third-order valence-corrected chi connectivity index (χ3v) is 7.41. The molecule has 2 atom stereocenters. The molecule has 0 fully saturated rings. The highest BCUT2D eigenvalue weighted by Gasteiger charge is 2.44. The van der Waals surface area contributed by atoms with Gasteiger partial charge in [-0.15, -0.1) is 0 Å². The van der Waals surface area contributed by atoms with Crippen LogP contribution in [0.15, 0.2) is 77.8 Å². The fraction of sp³-hybridized carbons (Fsp3) is 0.281. The number of primary amides is 1. The van der Waals surface area contributed by atoms with E-state index < -0.39 is 35.7 Å². The van der Waals surface area contributed by atoms with Crippen LogP contribution in [0.5, 0.6) is 0 Å². The van der Waals surface area contributed by atoms with Gasteiger partial charge in [0.1, 0.15) is 12.2 Å². The Labute approximate surface area is 268 Å². The van der Waals surface area contributed by atoms with Gasteiger partial charge in [0.05, 0.1) is 56.3 Å². The molecule has 47 heavy (non-hydrogen) atoms. The summed E-state index contributed by atoms with van der Waals surface area (Å²) in [7, 11) is 2.44. The van der Waals surface area contributed by atoms with E-state index in [1.54, 1.807) is 12.1 Å². The molecule has 2 aliphatic rings. The number of methoxy groups -OCH3 is 2. The Morgan fingerprint density at radius 2 is 1.91 bits per heavy atom. The van der Waals surface area contributed by atoms with E-state index in [-0.39, 0.29) is 23.6 Å². The number of alkyl halides is 3. The minimum atomic E-state index is -4.68. The van der Waals surface area contributed by atoms with Gasteiger partial charge in [0.2, 0.25) is 5.96 Å². The van der Waals surface area contributed by atoms with Gasteiger partial charge >= 0.3 is 18.2 Å². The van der Waals surface area contributed by atoms with Crippen molar-refractivity contribution in [1.29, 1.82) is 10.7 Å². The van der Waals surface area contributed by atoms with Crippen LogP contribution in [-0.4, -0.2) is 61.8 Å². The average Bonchev–Trinajstić information content (AvgIpc) is 3.52. The summed E-state index contributed by atoms with van der Waals surface area (Å²) in [5.41, 5.74) is 6.77. The number of anilines is 1. The van der Waals surface area contributed by atoms with Crippen molar-refractivity contribution in [3.63, 3.8) is 0 Å². The first-order valence-corrected chi connectivity index (χ1v) is 14.1. The Morgan fingerprint density at radius 1 is 1.21 bits per heavy atom. The normalized spacial score (nSPS) is 17.4. The molecule has 0 radical (unpaired) electrons. The number of nitrogens with zero attached hydrogens (tertiary/aromatic N) is 3. The quantitative estimate of drug-likeness (QED) is 0.236. The van der Waals surface area contributed by atoms with E-state index in [0.29, 0.717) is 42.5 Å². The second-order valence-electron chi connectivity index (χ2n) is 10.3. The van der Waals surface area contributed by atoms with E-state index in [4.69, 9.17) is 20.7 Å². The van der Waals surface area contributed by atoms with Gasteiger partial charge < -0.3 is 20.3 Å². The lowest BCUT2D eigenvalue weighted by Gasteiger charge is -2.43. The van der Waals surface area contributed by atoms with Crippen molar-refractivity contribution in [2.45, 2.75) is 32.0 Å². The molecule has 2 aromatic rings. The number of aliphatic hydroxyl groups excluding tert-OH is 1. The predicted molar refractivity (Wildman–Crippen MR) is 163 cm³/mol. The van der Waals surface area contributed by atoms with Crippen LogP contribution in [-0.2, 0) is 31.7 Å². The fourth-order valence-electron chi connectivity index (χ4n) is 5.31. The first-order chi connectivity index (χ1) is 22.3. The van der Waals surface area contributed by atoms with Crippen molar-refractivity contribution in [1.82, 2.24) is 4.90 Å². The fourth-order valence-corrected chi connectivity index (χ4v) is 5.31. The van der Waals surface area contributed by atoms with Crippen LogP contribution >= 0.6 is 0 Å². The molecule has 5 N–H and O–H groups in total. The highest BCUT2D eigenvalue weighted by molar-refractivity contribution is 6.10. The lowest BCUT2D eigenvalue weighted by Crippen LogP contribution is -3.01. The van der Waals surface area contributed by atoms with Crippen molar-refractivity contribution < 1.29 is 47.0 Å². The van der Waals surface area contributed by atoms with Gasteiger partial charge in [-0.2, -0.15) is 18.4 Å². The Balaban J connectivity index is 0.00000142. The molecule has 2 amide bonds. The van der Waals surface area contributed by atoms with Gasteiger partial charge in [0.25, 0.3) is 6.47 Å². The molecule has 2 aromatic carbocycles. The summed E-state index contributed by atoms with van der Waals surface area (Å²) in [5, 5.41) is 27.9. The number of carbonyl (C=O) groups excluding carboxylic acids is 3. The number of esters is 1. The number of allylic oxidation sites excluding steroid dienone is 1. The van der Waals surface area contributed by atoms with Crippen LogP contribution in [0.25, 0.3) is 0 Å². The number of nitriles is 1. The van der Waals surface area contributed by atoms with Crippen LogP contribution in [0.3, 0.4) is 0 Å². The number of nitrogens with one attached hydrogen (secondary N) is 2. The number of amides is 2. The van der Waals surface area contributed by atoms with Crippen LogP contribution in [0, 0.1) is 16.7 Å². The minimum Gasteiger partial charge on any atom is -0.471 e. The zero-order valence-electron chi connectivity index (χ0n) is 25.8. The van der Waals surface area contributed by atoms with Gasteiger partial charge in [-0.1, -0.05) is 12.1 Å². The molecule has 0 saturated heterocycles. The molecular formula is C32H34F3N6O6+. The van der Waals surface area contributed by atoms with Crippen LogP contribution in [0.4, 0.5) is 23.7 Å². The number of benzene rings is 2. The molecule has 2 heterocycles. The molecule has 15 heteroatoms. The number of urea groups is 1. The van der Waals surface area contributed by atoms with Gasteiger partial charge in [-0.25, -0.2) is 9.59 Å². The molecule has 0 aliphatic carbocycles. The number of nitrogens with two attached hydrogens (primary N) is 1. The number of aliphatic hydroxyl groups is 1. The smallest absolute Gasteiger partial charge is 0.416 e. The zero-order chi connectivity index (χ0) is 34.9. The lowest BCUT2D eigenvalue weighted by molar-refractivity contribution is -0.788. The largest absolute Gasteiger partial charge is 0.471 e. The molecule has 12 nitrogen and oxygen atoms in total. The van der Waals surface area contributed by atoms with Gasteiger partial charge in [0.15, 0.2) is 0 Å². The minimum absolute atomic E-state index is 0.0716. The Morgan fingerprint density at radius 3 is 2.47 bits per heavy atom. The van der Waals surface area contributed by atoms with Crippen LogP contribution < -0.4 is 15.5 Å². The van der Waals surface area contributed by atoms with Crippen LogP contribution in [0.1, 0.15) is 41.6 Å². The Kier molecular flexibility index (Phi) is 12.0. The first kappa shape index (κ1) is 36.0. The highest BCUT2D eigenvalue weighted by Crippen LogP contribution is 2.42. The highest BCUT2D eigenvalue weighted by atomic mass is 19.4. The average molecular weight is 656 g/mol. The van der Waals surface area contributed by atoms with E-state index >= 15 is 0 Å². The standard InChI is InChI=1S/C30H29F3N6O4.C2H4O2/c1-18-25(27(41)43-2)26(39(29(36)42)28(35)38(18)23-7-3-6-22(14-23)30(31,32)33)24-9-8-19(15-34)13-21(24)5-4-11-37-12-10-20(16-37)17-40;1-4-2-3/h3,6-10,12-14,16,26,35,40H,4-5,11,17H2,1-2H3,(H2,36,42);2H,1H3/p+1/t26-;/m1./s1. The molecule has 2 aliphatic heterocycles. The molecule has 0 saturated carbocycles. The number of halogens is 3. The van der Waals surface area contributed by atoms with E-state index in [0.717, 1.165) is 45.6 Å². The predicted octanol–water partition coefficient (Wildman–Crippen LogP) is 2.91. The Hall–Kier alpha value is -5.46. The van der Waals surface area contributed by atoms with E-state index in [1.165, 1.54) is 26.2 Å². The number of quaternary nitrogens is 1. The first-order valence-electron chi connectivity index (χ1n) is 14.1. The maximum Gasteiger partial charge on any atom is 0.416 e. The van der Waals surface area contributed by atoms with Gasteiger partial charge in [0, 0.05) is 29.5 Å². The van der Waals surface area contributed by atoms with Crippen molar-refractivity contribution in [3.05, 3.63) is 100 Å². The topological polar surface area (TPSA) is 174 Å². The van der Waals surface area contributed by atoms with Gasteiger partial charge in [-0.05, 0) is 54.8 Å². The Bertz CT molecular complexity index is 1660. The summed E-state index contributed by atoms with van der Waals surface area (Å²) in [6, 6.07) is 8.57. The third kappa shape index (κ3) is 8.23. The molecule has 0 spiro atoms. The SMILES string of the molecule is COC(=O)C1=C(C)N(c2cccc(C(F)(F)F)c2)C(=N)N(C(N)=O)[C@@H]1c1ccc(C#N)cc1CCC[NH+]1C=CC(CO)=C1.COC=O. The number of ether oxygens (including phenoxy) is 2. The second-order valence-corrected chi connectivity index (χ2v) is 10.3. The molecule has 0 bridgehead atoms. The summed E-state index contributed by atoms with van der Waals surface area (Å²) in [6.07, 6.45) is 1.94. The summed E-state index contributed by atoms with van der Waals surface area (Å²) in [5.74, 6) is -1.44. The summed E-state index contributed by atoms with van der Waals surface area (Å²) >= 11 is 0. The van der Waals surface area contributed by atoms with E-state index in [1.807, 2.05) is 18.5 Å². The number of carbonyl (C=O) groups is 3. The molecule has 4 rings (SSSR count). The zero-order valence-corrected chi connectivity index (χ0v) is 25.8. The maximum atomic E-state index is 13.5. The summed E-state index contributed by atoms with van der Waals surface area (Å²) < 4.78 is 49.5. The maximum absolute atomic E-state index is 13.5. The molecule has 1 unspecified atom stereocenters. The van der Waals surface area contributed by atoms with Crippen molar-refractivity contribution >= 4 is 30.1 Å². The monoisotopic (exact) mass is 655 g/mol. The lowest BCUT2D eigenvalue weighted by atomic mass is 9.87. The number of guanidine groups is 1. The number of rotatable bonds is 9. The third-order valence-electron chi connectivity index (χ3n) is 7.41. The van der Waals surface area contributed by atoms with E-state index in [9.17, 15) is 33.1 Å². The van der Waals surface area contributed by atoms with Crippen molar-refractivity contribution in [2.75, 3.05) is 32.3 Å². The summed E-state index contributed by atoms with van der Waals surface area (Å²) in [4.78, 5) is 38.1. The van der Waals surface area contributed by atoms with Crippen LogP contribution in [0.2, 0.25) is 0 Å².